The Morgan fingerprint density at radius 3 is 2.22 bits per heavy atom. The van der Waals surface area contributed by atoms with E-state index in [-0.39, 0.29) is 11.8 Å². The Kier molecular flexibility index (Phi) is 5.39. The summed E-state index contributed by atoms with van der Waals surface area (Å²) in [6.45, 7) is 1.98. The van der Waals surface area contributed by atoms with Gasteiger partial charge in [0.15, 0.2) is 0 Å². The van der Waals surface area contributed by atoms with Crippen molar-refractivity contribution in [3.05, 3.63) is 77.6 Å². The number of piperazine rings is 1. The molecule has 0 bridgehead atoms. The number of nitrogens with zero attached hydrogens (tertiary/aromatic N) is 4. The Hall–Kier alpha value is -3.61. The van der Waals surface area contributed by atoms with Crippen LogP contribution in [0.25, 0.3) is 5.69 Å². The number of amides is 2. The van der Waals surface area contributed by atoms with Crippen LogP contribution in [-0.2, 0) is 0 Å². The van der Waals surface area contributed by atoms with Gasteiger partial charge in [-0.15, -0.1) is 0 Å². The van der Waals surface area contributed by atoms with Crippen molar-refractivity contribution in [3.8, 4) is 11.4 Å². The van der Waals surface area contributed by atoms with Crippen LogP contribution in [0.5, 0.6) is 5.75 Å². The lowest BCUT2D eigenvalue weighted by Gasteiger charge is -2.34. The Bertz CT molecular complexity index is 1130. The highest BCUT2D eigenvalue weighted by atomic mass is 16.5. The van der Waals surface area contributed by atoms with Crippen molar-refractivity contribution in [1.82, 2.24) is 19.6 Å². The van der Waals surface area contributed by atoms with Gasteiger partial charge in [0, 0.05) is 37.7 Å². The molecule has 1 aromatic heterocycles. The Balaban J connectivity index is 1.31. The smallest absolute Gasteiger partial charge is 0.272 e. The molecular weight excluding hydrogens is 404 g/mol. The number of hydrogen-bond acceptors (Lipinski definition) is 4. The fourth-order valence-corrected chi connectivity index (χ4v) is 4.11. The predicted molar refractivity (Wildman–Crippen MR) is 120 cm³/mol. The van der Waals surface area contributed by atoms with Crippen LogP contribution in [0.2, 0.25) is 0 Å². The molecule has 2 fully saturated rings. The highest BCUT2D eigenvalue weighted by molar-refractivity contribution is 5.96. The second kappa shape index (κ2) is 8.49. The number of carbonyl (C=O) groups excluding carboxylic acids is 2. The molecule has 0 unspecified atom stereocenters. The fraction of sp³-hybridized carbons (Fsp3) is 0.320. The highest BCUT2D eigenvalue weighted by Gasteiger charge is 2.32. The average molecular weight is 431 g/mol. The van der Waals surface area contributed by atoms with E-state index in [2.05, 4.69) is 0 Å². The summed E-state index contributed by atoms with van der Waals surface area (Å²) in [6.07, 6.45) is 2.26. The molecule has 2 aromatic carbocycles. The molecule has 1 saturated heterocycles. The van der Waals surface area contributed by atoms with Gasteiger partial charge in [0.2, 0.25) is 0 Å². The number of benzene rings is 2. The minimum Gasteiger partial charge on any atom is -0.497 e. The molecule has 7 heteroatoms. The van der Waals surface area contributed by atoms with E-state index in [9.17, 15) is 9.59 Å². The molecule has 0 radical (unpaired) electrons. The molecule has 5 rings (SSSR count). The zero-order chi connectivity index (χ0) is 22.1. The Morgan fingerprint density at radius 1 is 0.875 bits per heavy atom. The lowest BCUT2D eigenvalue weighted by molar-refractivity contribution is 0.0530. The third-order valence-corrected chi connectivity index (χ3v) is 6.11. The maximum Gasteiger partial charge on any atom is 0.272 e. The van der Waals surface area contributed by atoms with Gasteiger partial charge in [0.25, 0.3) is 11.8 Å². The highest BCUT2D eigenvalue weighted by Crippen LogP contribution is 2.40. The molecule has 32 heavy (non-hydrogen) atoms. The summed E-state index contributed by atoms with van der Waals surface area (Å²) in [7, 11) is 1.59. The normalized spacial score (nSPS) is 16.2. The zero-order valence-electron chi connectivity index (χ0n) is 18.1. The van der Waals surface area contributed by atoms with Crippen molar-refractivity contribution in [3.63, 3.8) is 0 Å². The minimum absolute atomic E-state index is 0.0401. The summed E-state index contributed by atoms with van der Waals surface area (Å²) in [6, 6.07) is 18.9. The summed E-state index contributed by atoms with van der Waals surface area (Å²) in [5.74, 6) is 1.04. The molecule has 0 N–H and O–H groups in total. The topological polar surface area (TPSA) is 67.7 Å². The van der Waals surface area contributed by atoms with E-state index < -0.39 is 0 Å². The summed E-state index contributed by atoms with van der Waals surface area (Å²) < 4.78 is 7.00. The van der Waals surface area contributed by atoms with Gasteiger partial charge < -0.3 is 14.5 Å². The number of carbonyl (C=O) groups is 2. The summed E-state index contributed by atoms with van der Waals surface area (Å²) in [4.78, 5) is 29.9. The number of hydrogen-bond donors (Lipinski definition) is 0. The third-order valence-electron chi connectivity index (χ3n) is 6.11. The van der Waals surface area contributed by atoms with Gasteiger partial charge in [-0.2, -0.15) is 5.10 Å². The van der Waals surface area contributed by atoms with E-state index in [0.29, 0.717) is 49.1 Å². The minimum atomic E-state index is -0.0404. The summed E-state index contributed by atoms with van der Waals surface area (Å²) in [5.41, 5.74) is 3.06. The largest absolute Gasteiger partial charge is 0.497 e. The first-order chi connectivity index (χ1) is 15.6. The van der Waals surface area contributed by atoms with E-state index in [4.69, 9.17) is 9.84 Å². The van der Waals surface area contributed by atoms with Gasteiger partial charge in [0.05, 0.1) is 18.5 Å². The van der Waals surface area contributed by atoms with Gasteiger partial charge in [-0.05, 0) is 49.2 Å². The van der Waals surface area contributed by atoms with E-state index in [1.165, 1.54) is 0 Å². The van der Waals surface area contributed by atoms with Crippen LogP contribution in [0.3, 0.4) is 0 Å². The summed E-state index contributed by atoms with van der Waals surface area (Å²) in [5, 5.41) is 4.75. The fourth-order valence-electron chi connectivity index (χ4n) is 4.11. The lowest BCUT2D eigenvalue weighted by Crippen LogP contribution is -2.50. The van der Waals surface area contributed by atoms with Crippen molar-refractivity contribution in [2.45, 2.75) is 18.8 Å². The van der Waals surface area contributed by atoms with E-state index >= 15 is 0 Å². The molecular formula is C25H26N4O3. The predicted octanol–water partition coefficient (Wildman–Crippen LogP) is 3.36. The van der Waals surface area contributed by atoms with E-state index in [1.54, 1.807) is 28.8 Å². The number of ether oxygens (including phenoxy) is 1. The van der Waals surface area contributed by atoms with Crippen molar-refractivity contribution < 1.29 is 14.3 Å². The Morgan fingerprint density at radius 2 is 1.56 bits per heavy atom. The second-order valence-electron chi connectivity index (χ2n) is 8.29. The molecule has 164 valence electrons. The summed E-state index contributed by atoms with van der Waals surface area (Å²) >= 11 is 0. The van der Waals surface area contributed by atoms with Crippen LogP contribution in [0.15, 0.2) is 60.7 Å². The molecule has 1 saturated carbocycles. The lowest BCUT2D eigenvalue weighted by atomic mass is 10.1. The monoisotopic (exact) mass is 430 g/mol. The van der Waals surface area contributed by atoms with Crippen molar-refractivity contribution >= 4 is 11.8 Å². The number of para-hydroxylation sites is 1. The number of methoxy groups -OCH3 is 1. The number of aromatic nitrogens is 2. The van der Waals surface area contributed by atoms with Crippen molar-refractivity contribution in [2.75, 3.05) is 33.3 Å². The average Bonchev–Trinajstić information content (AvgIpc) is 3.62. The molecule has 7 nitrogen and oxygen atoms in total. The molecule has 1 aliphatic carbocycles. The molecule has 0 atom stereocenters. The van der Waals surface area contributed by atoms with Crippen molar-refractivity contribution in [1.29, 1.82) is 0 Å². The van der Waals surface area contributed by atoms with Gasteiger partial charge >= 0.3 is 0 Å². The first kappa shape index (κ1) is 20.3. The molecule has 0 spiro atoms. The quantitative estimate of drug-likeness (QED) is 0.623. The third kappa shape index (κ3) is 3.98. The van der Waals surface area contributed by atoms with Crippen molar-refractivity contribution in [2.24, 2.45) is 0 Å². The van der Waals surface area contributed by atoms with Crippen LogP contribution < -0.4 is 4.74 Å². The van der Waals surface area contributed by atoms with Gasteiger partial charge in [0.1, 0.15) is 11.4 Å². The van der Waals surface area contributed by atoms with Crippen LogP contribution in [0, 0.1) is 0 Å². The maximum absolute atomic E-state index is 13.4. The SMILES string of the molecule is COc1cccc(C(=O)N2CCN(C(=O)c3cc(C4CC4)nn3-c3ccccc3)CC2)c1. The standard InChI is InChI=1S/C25H26N4O3/c1-32-21-9-5-6-19(16-21)24(30)27-12-14-28(15-13-27)25(31)23-17-22(18-10-11-18)26-29(23)20-7-3-2-4-8-20/h2-9,16-18H,10-15H2,1H3. The first-order valence-electron chi connectivity index (χ1n) is 11.0. The van der Waals surface area contributed by atoms with Crippen LogP contribution in [-0.4, -0.2) is 64.7 Å². The van der Waals surface area contributed by atoms with Crippen LogP contribution in [0.4, 0.5) is 0 Å². The van der Waals surface area contributed by atoms with Crippen LogP contribution in [0.1, 0.15) is 45.3 Å². The van der Waals surface area contributed by atoms with Crippen LogP contribution >= 0.6 is 0 Å². The molecule has 1 aliphatic heterocycles. The maximum atomic E-state index is 13.4. The Labute approximate surface area is 187 Å². The van der Waals surface area contributed by atoms with E-state index in [1.807, 2.05) is 53.4 Å². The molecule has 2 amide bonds. The second-order valence-corrected chi connectivity index (χ2v) is 8.29. The van der Waals surface area contributed by atoms with E-state index in [0.717, 1.165) is 24.2 Å². The zero-order valence-corrected chi connectivity index (χ0v) is 18.1. The molecule has 2 heterocycles. The first-order valence-corrected chi connectivity index (χ1v) is 11.0. The molecule has 3 aromatic rings. The van der Waals surface area contributed by atoms with Gasteiger partial charge in [-0.25, -0.2) is 4.68 Å². The molecule has 2 aliphatic rings. The van der Waals surface area contributed by atoms with Gasteiger partial charge in [-0.1, -0.05) is 24.3 Å². The number of rotatable bonds is 5. The van der Waals surface area contributed by atoms with Gasteiger partial charge in [-0.3, -0.25) is 9.59 Å².